The highest BCUT2D eigenvalue weighted by Crippen LogP contribution is 2.68. The summed E-state index contributed by atoms with van der Waals surface area (Å²) in [6, 6.07) is 0. The predicted molar refractivity (Wildman–Crippen MR) is 104 cm³/mol. The van der Waals surface area contributed by atoms with Gasteiger partial charge in [0.25, 0.3) is 0 Å². The Hall–Kier alpha value is -0.600. The summed E-state index contributed by atoms with van der Waals surface area (Å²) in [5.74, 6) is 4.24. The summed E-state index contributed by atoms with van der Waals surface area (Å²) >= 11 is 0. The molecule has 0 amide bonds. The van der Waals surface area contributed by atoms with Gasteiger partial charge in [0.1, 0.15) is 0 Å². The fourth-order valence-electron chi connectivity index (χ4n) is 8.10. The molecule has 0 spiro atoms. The van der Waals surface area contributed by atoms with E-state index < -0.39 is 11.7 Å². The van der Waals surface area contributed by atoms with E-state index in [1.807, 2.05) is 7.11 Å². The van der Waals surface area contributed by atoms with Crippen LogP contribution in [-0.4, -0.2) is 48.3 Å². The molecule has 10 atom stereocenters. The van der Waals surface area contributed by atoms with Gasteiger partial charge in [-0.25, -0.2) is 0 Å². The molecule has 4 nitrogen and oxygen atoms in total. The first-order valence-electron chi connectivity index (χ1n) is 10.7. The molecular weight excluding hydrogens is 340 g/mol. The van der Waals surface area contributed by atoms with E-state index in [1.165, 1.54) is 6.42 Å². The van der Waals surface area contributed by atoms with E-state index in [4.69, 9.17) is 15.9 Å². The summed E-state index contributed by atoms with van der Waals surface area (Å²) in [6.07, 6.45) is 12.1. The predicted octanol–water partition coefficient (Wildman–Crippen LogP) is 3.00. The minimum atomic E-state index is -0.937. The molecular formula is C23H36O4. The van der Waals surface area contributed by atoms with Gasteiger partial charge in [-0.1, -0.05) is 19.8 Å². The third-order valence-corrected chi connectivity index (χ3v) is 9.69. The molecule has 4 aliphatic carbocycles. The Balaban J connectivity index is 1.69. The number of rotatable bonds is 2. The number of hydrogen-bond donors (Lipinski definition) is 2. The highest BCUT2D eigenvalue weighted by Gasteiger charge is 2.69. The second kappa shape index (κ2) is 6.46. The van der Waals surface area contributed by atoms with Gasteiger partial charge in [0.2, 0.25) is 0 Å². The van der Waals surface area contributed by atoms with Crippen LogP contribution in [0.3, 0.4) is 0 Å². The zero-order chi connectivity index (χ0) is 19.6. The van der Waals surface area contributed by atoms with Crippen LogP contribution in [-0.2, 0) is 9.47 Å². The molecule has 4 heteroatoms. The van der Waals surface area contributed by atoms with Crippen LogP contribution in [0.5, 0.6) is 0 Å². The fraction of sp³-hybridized carbons (Fsp3) is 0.913. The molecule has 0 bridgehead atoms. The van der Waals surface area contributed by atoms with Crippen molar-refractivity contribution in [3.8, 4) is 12.3 Å². The number of ether oxygens (including phenoxy) is 2. The fourth-order valence-corrected chi connectivity index (χ4v) is 8.10. The number of aliphatic hydroxyl groups excluding tert-OH is 2. The van der Waals surface area contributed by atoms with E-state index in [0.29, 0.717) is 24.4 Å². The largest absolute Gasteiger partial charge is 0.393 e. The van der Waals surface area contributed by atoms with Gasteiger partial charge in [-0.15, -0.1) is 6.42 Å². The van der Waals surface area contributed by atoms with Gasteiger partial charge in [0.15, 0.2) is 5.60 Å². The summed E-state index contributed by atoms with van der Waals surface area (Å²) in [7, 11) is 3.44. The van der Waals surface area contributed by atoms with Crippen molar-refractivity contribution in [3.63, 3.8) is 0 Å². The summed E-state index contributed by atoms with van der Waals surface area (Å²) in [4.78, 5) is 0. The Labute approximate surface area is 164 Å². The van der Waals surface area contributed by atoms with Gasteiger partial charge < -0.3 is 19.7 Å². The normalized spacial score (nSPS) is 57.3. The van der Waals surface area contributed by atoms with Crippen molar-refractivity contribution < 1.29 is 19.7 Å². The average Bonchev–Trinajstić information content (AvgIpc) is 2.88. The Morgan fingerprint density at radius 2 is 1.74 bits per heavy atom. The molecule has 0 aromatic carbocycles. The average molecular weight is 377 g/mol. The first kappa shape index (κ1) is 19.7. The molecule has 152 valence electrons. The van der Waals surface area contributed by atoms with Crippen LogP contribution in [0.2, 0.25) is 0 Å². The highest BCUT2D eigenvalue weighted by molar-refractivity contribution is 5.28. The van der Waals surface area contributed by atoms with Crippen LogP contribution >= 0.6 is 0 Å². The van der Waals surface area contributed by atoms with Gasteiger partial charge in [-0.3, -0.25) is 0 Å². The summed E-state index contributed by atoms with van der Waals surface area (Å²) in [6.45, 7) is 4.64. The molecule has 4 saturated carbocycles. The molecule has 4 rings (SSSR count). The molecule has 0 aliphatic heterocycles. The molecule has 27 heavy (non-hydrogen) atoms. The molecule has 0 saturated heterocycles. The van der Waals surface area contributed by atoms with Crippen molar-refractivity contribution in [3.05, 3.63) is 0 Å². The van der Waals surface area contributed by atoms with Crippen LogP contribution in [0.4, 0.5) is 0 Å². The van der Waals surface area contributed by atoms with E-state index in [1.54, 1.807) is 7.11 Å². The zero-order valence-electron chi connectivity index (χ0n) is 17.3. The van der Waals surface area contributed by atoms with Gasteiger partial charge >= 0.3 is 0 Å². The highest BCUT2D eigenvalue weighted by atomic mass is 16.5. The van der Waals surface area contributed by atoms with E-state index >= 15 is 0 Å². The van der Waals surface area contributed by atoms with Crippen molar-refractivity contribution in [2.75, 3.05) is 14.2 Å². The van der Waals surface area contributed by atoms with Gasteiger partial charge in [-0.2, -0.15) is 0 Å². The Morgan fingerprint density at radius 3 is 2.37 bits per heavy atom. The first-order chi connectivity index (χ1) is 12.8. The van der Waals surface area contributed by atoms with Crippen molar-refractivity contribution in [1.29, 1.82) is 0 Å². The van der Waals surface area contributed by atoms with Crippen LogP contribution in [0.15, 0.2) is 0 Å². The van der Waals surface area contributed by atoms with E-state index in [-0.39, 0.29) is 28.8 Å². The van der Waals surface area contributed by atoms with Crippen molar-refractivity contribution in [2.45, 2.75) is 82.7 Å². The summed E-state index contributed by atoms with van der Waals surface area (Å²) < 4.78 is 11.5. The minimum absolute atomic E-state index is 0.198. The lowest BCUT2D eigenvalue weighted by atomic mass is 9.43. The van der Waals surface area contributed by atoms with Crippen LogP contribution < -0.4 is 0 Å². The molecule has 0 radical (unpaired) electrons. The quantitative estimate of drug-likeness (QED) is 0.728. The van der Waals surface area contributed by atoms with Gasteiger partial charge in [0, 0.05) is 19.6 Å². The second-order valence-electron chi connectivity index (χ2n) is 10.2. The van der Waals surface area contributed by atoms with Crippen LogP contribution in [0.1, 0.15) is 58.8 Å². The minimum Gasteiger partial charge on any atom is -0.393 e. The van der Waals surface area contributed by atoms with Crippen LogP contribution in [0, 0.1) is 46.8 Å². The van der Waals surface area contributed by atoms with E-state index in [9.17, 15) is 10.2 Å². The van der Waals surface area contributed by atoms with Crippen molar-refractivity contribution in [2.24, 2.45) is 34.5 Å². The van der Waals surface area contributed by atoms with Gasteiger partial charge in [-0.05, 0) is 74.0 Å². The van der Waals surface area contributed by atoms with Crippen molar-refractivity contribution in [1.82, 2.24) is 0 Å². The standard InChI is InChI=1S/C23H36O4/c1-6-23(27-5)19(25)13-17-20-16(8-10-22(17,23)3)21(2)9-7-15(26-4)11-14(21)12-18(20)24/h1,14-20,24-25H,7-13H2,2-5H3/t14-,15-,16?,17?,18-,19+,20?,21-,22-,23-/m0/s1. The number of methoxy groups -OCH3 is 2. The first-order valence-corrected chi connectivity index (χ1v) is 10.7. The molecule has 2 N–H and O–H groups in total. The van der Waals surface area contributed by atoms with Gasteiger partial charge in [0.05, 0.1) is 18.3 Å². The third-order valence-electron chi connectivity index (χ3n) is 9.69. The Bertz CT molecular complexity index is 628. The molecule has 4 aliphatic rings. The smallest absolute Gasteiger partial charge is 0.159 e. The lowest BCUT2D eigenvalue weighted by molar-refractivity contribution is -0.192. The number of aliphatic hydroxyl groups is 2. The maximum Gasteiger partial charge on any atom is 0.159 e. The molecule has 3 unspecified atom stereocenters. The molecule has 4 fully saturated rings. The molecule has 0 aromatic rings. The Morgan fingerprint density at radius 1 is 1.00 bits per heavy atom. The maximum absolute atomic E-state index is 11.3. The summed E-state index contributed by atoms with van der Waals surface area (Å²) in [5.41, 5.74) is -0.974. The zero-order valence-corrected chi connectivity index (χ0v) is 17.3. The lowest BCUT2D eigenvalue weighted by Crippen LogP contribution is -2.61. The third kappa shape index (κ3) is 2.38. The van der Waals surface area contributed by atoms with E-state index in [2.05, 4.69) is 19.8 Å². The van der Waals surface area contributed by atoms with E-state index in [0.717, 1.165) is 32.1 Å². The Kier molecular flexibility index (Phi) is 4.71. The number of hydrogen-bond acceptors (Lipinski definition) is 4. The number of terminal acetylenes is 1. The number of fused-ring (bicyclic) bond motifs is 5. The SMILES string of the molecule is C#C[C@]1(OC)[C@H](O)CC2C3C(CC[C@@]21C)[C@@]1(C)CC[C@H](OC)C[C@H]1C[C@@H]3O. The monoisotopic (exact) mass is 376 g/mol. The second-order valence-corrected chi connectivity index (χ2v) is 10.2. The molecule has 0 heterocycles. The van der Waals surface area contributed by atoms with Crippen molar-refractivity contribution >= 4 is 0 Å². The van der Waals surface area contributed by atoms with Crippen LogP contribution in [0.25, 0.3) is 0 Å². The lowest BCUT2D eigenvalue weighted by Gasteiger charge is -2.62. The topological polar surface area (TPSA) is 58.9 Å². The summed E-state index contributed by atoms with van der Waals surface area (Å²) in [5, 5.41) is 22.2. The molecule has 0 aromatic heterocycles. The maximum atomic E-state index is 11.3.